The van der Waals surface area contributed by atoms with E-state index in [1.54, 1.807) is 0 Å². The monoisotopic (exact) mass is 169 g/mol. The maximum atomic E-state index is 4.31. The van der Waals surface area contributed by atoms with Crippen LogP contribution in [0.4, 0.5) is 0 Å². The van der Waals surface area contributed by atoms with Gasteiger partial charge in [-0.25, -0.2) is 4.98 Å². The summed E-state index contributed by atoms with van der Waals surface area (Å²) in [5, 5.41) is 1.29. The first kappa shape index (κ1) is 8.72. The van der Waals surface area contributed by atoms with Gasteiger partial charge in [0.1, 0.15) is 0 Å². The topological polar surface area (TPSA) is 12.9 Å². The summed E-state index contributed by atoms with van der Waals surface area (Å²) in [6, 6.07) is 0. The maximum absolute atomic E-state index is 4.31. The van der Waals surface area contributed by atoms with Gasteiger partial charge in [0.25, 0.3) is 0 Å². The molecule has 0 aromatic carbocycles. The number of nitrogens with zero attached hydrogens (tertiary/aromatic N) is 1. The molecule has 0 unspecified atom stereocenters. The minimum Gasteiger partial charge on any atom is -0.249 e. The van der Waals surface area contributed by atoms with E-state index in [2.05, 4.69) is 25.8 Å². The van der Waals surface area contributed by atoms with Gasteiger partial charge >= 0.3 is 0 Å². The van der Waals surface area contributed by atoms with Crippen LogP contribution in [-0.2, 0) is 6.42 Å². The van der Waals surface area contributed by atoms with Crippen molar-refractivity contribution in [1.29, 1.82) is 0 Å². The highest BCUT2D eigenvalue weighted by molar-refractivity contribution is 7.11. The number of hydrogen-bond acceptors (Lipinski definition) is 2. The van der Waals surface area contributed by atoms with Crippen molar-refractivity contribution in [3.05, 3.63) is 16.1 Å². The summed E-state index contributed by atoms with van der Waals surface area (Å²) in [4.78, 5) is 5.63. The van der Waals surface area contributed by atoms with Crippen LogP contribution in [0.1, 0.15) is 30.2 Å². The van der Waals surface area contributed by atoms with Gasteiger partial charge in [-0.15, -0.1) is 11.3 Å². The van der Waals surface area contributed by atoms with Gasteiger partial charge in [-0.3, -0.25) is 0 Å². The number of aryl methyl sites for hydroxylation is 2. The van der Waals surface area contributed by atoms with Crippen molar-refractivity contribution >= 4 is 11.3 Å². The first-order valence-corrected chi connectivity index (χ1v) is 4.91. The van der Waals surface area contributed by atoms with Crippen molar-refractivity contribution in [2.24, 2.45) is 5.92 Å². The molecule has 0 aliphatic heterocycles. The molecule has 62 valence electrons. The third-order valence-electron chi connectivity index (χ3n) is 1.60. The molecule has 0 spiro atoms. The summed E-state index contributed by atoms with van der Waals surface area (Å²) in [7, 11) is 0. The molecule has 1 rings (SSSR count). The van der Waals surface area contributed by atoms with Crippen molar-refractivity contribution in [2.75, 3.05) is 0 Å². The van der Waals surface area contributed by atoms with E-state index in [4.69, 9.17) is 0 Å². The van der Waals surface area contributed by atoms with Gasteiger partial charge in [0.05, 0.1) is 5.01 Å². The van der Waals surface area contributed by atoms with Crippen LogP contribution < -0.4 is 0 Å². The molecule has 0 amide bonds. The average molecular weight is 169 g/mol. The van der Waals surface area contributed by atoms with Crippen LogP contribution in [0.3, 0.4) is 0 Å². The molecule has 0 aliphatic carbocycles. The zero-order valence-corrected chi connectivity index (χ0v) is 8.24. The fourth-order valence-corrected chi connectivity index (χ4v) is 1.73. The second-order valence-corrected chi connectivity index (χ2v) is 4.62. The maximum Gasteiger partial charge on any atom is 0.0927 e. The van der Waals surface area contributed by atoms with E-state index in [-0.39, 0.29) is 0 Å². The Hall–Kier alpha value is -0.370. The van der Waals surface area contributed by atoms with E-state index in [0.717, 1.165) is 12.3 Å². The lowest BCUT2D eigenvalue weighted by Gasteiger charge is -1.99. The van der Waals surface area contributed by atoms with Crippen molar-refractivity contribution in [3.8, 4) is 0 Å². The second kappa shape index (κ2) is 3.86. The molecule has 11 heavy (non-hydrogen) atoms. The molecule has 1 aromatic rings. The average Bonchev–Trinajstić information content (AvgIpc) is 2.31. The van der Waals surface area contributed by atoms with Gasteiger partial charge in [0.2, 0.25) is 0 Å². The van der Waals surface area contributed by atoms with Crippen molar-refractivity contribution < 1.29 is 0 Å². The Bertz CT molecular complexity index is 215. The number of thiazole rings is 1. The van der Waals surface area contributed by atoms with Gasteiger partial charge in [-0.2, -0.15) is 0 Å². The minimum atomic E-state index is 0.791. The molecule has 1 heterocycles. The van der Waals surface area contributed by atoms with Gasteiger partial charge < -0.3 is 0 Å². The first-order chi connectivity index (χ1) is 5.18. The molecule has 2 heteroatoms. The van der Waals surface area contributed by atoms with Crippen molar-refractivity contribution in [1.82, 2.24) is 4.98 Å². The van der Waals surface area contributed by atoms with Crippen molar-refractivity contribution in [3.63, 3.8) is 0 Å². The Morgan fingerprint density at radius 1 is 1.55 bits per heavy atom. The van der Waals surface area contributed by atoms with Gasteiger partial charge in [0.15, 0.2) is 0 Å². The number of aromatic nitrogens is 1. The van der Waals surface area contributed by atoms with Gasteiger partial charge in [-0.05, 0) is 25.7 Å². The standard InChI is InChI=1S/C9H15NS/c1-7(2)4-5-9-10-6-8(3)11-9/h6-7H,4-5H2,1-3H3. The zero-order chi connectivity index (χ0) is 8.27. The normalized spacial score (nSPS) is 10.9. The lowest BCUT2D eigenvalue weighted by molar-refractivity contribution is 0.585. The van der Waals surface area contributed by atoms with Crippen molar-refractivity contribution in [2.45, 2.75) is 33.6 Å². The summed E-state index contributed by atoms with van der Waals surface area (Å²) in [5.74, 6) is 0.791. The van der Waals surface area contributed by atoms with Crippen LogP contribution in [0.25, 0.3) is 0 Å². The molecular formula is C9H15NS. The first-order valence-electron chi connectivity index (χ1n) is 4.10. The summed E-state index contributed by atoms with van der Waals surface area (Å²) in [5.41, 5.74) is 0. The smallest absolute Gasteiger partial charge is 0.0927 e. The zero-order valence-electron chi connectivity index (χ0n) is 7.42. The Balaban J connectivity index is 2.39. The Labute approximate surface area is 72.5 Å². The van der Waals surface area contributed by atoms with Crippen LogP contribution in [-0.4, -0.2) is 4.98 Å². The molecule has 0 bridgehead atoms. The van der Waals surface area contributed by atoms with Crippen LogP contribution in [0.2, 0.25) is 0 Å². The lowest BCUT2D eigenvalue weighted by atomic mass is 10.1. The van der Waals surface area contributed by atoms with E-state index < -0.39 is 0 Å². The summed E-state index contributed by atoms with van der Waals surface area (Å²) < 4.78 is 0. The highest BCUT2D eigenvalue weighted by atomic mass is 32.1. The summed E-state index contributed by atoms with van der Waals surface area (Å²) in [6.07, 6.45) is 4.36. The summed E-state index contributed by atoms with van der Waals surface area (Å²) >= 11 is 1.82. The van der Waals surface area contributed by atoms with E-state index in [1.807, 2.05) is 17.5 Å². The second-order valence-electron chi connectivity index (χ2n) is 3.30. The Morgan fingerprint density at radius 2 is 2.27 bits per heavy atom. The van der Waals surface area contributed by atoms with E-state index in [9.17, 15) is 0 Å². The van der Waals surface area contributed by atoms with Gasteiger partial charge in [0, 0.05) is 11.1 Å². The predicted molar refractivity (Wildman–Crippen MR) is 50.0 cm³/mol. The third kappa shape index (κ3) is 3.02. The molecule has 0 N–H and O–H groups in total. The van der Waals surface area contributed by atoms with Crippen LogP contribution in [0.5, 0.6) is 0 Å². The fourth-order valence-electron chi connectivity index (χ4n) is 0.929. The molecule has 0 aliphatic rings. The highest BCUT2D eigenvalue weighted by Crippen LogP contribution is 2.14. The van der Waals surface area contributed by atoms with Crippen LogP contribution in [0, 0.1) is 12.8 Å². The van der Waals surface area contributed by atoms with Crippen LogP contribution in [0.15, 0.2) is 6.20 Å². The SMILES string of the molecule is Cc1cnc(CCC(C)C)s1. The molecule has 0 fully saturated rings. The molecular weight excluding hydrogens is 154 g/mol. The molecule has 0 radical (unpaired) electrons. The fraction of sp³-hybridized carbons (Fsp3) is 0.667. The largest absolute Gasteiger partial charge is 0.249 e. The van der Waals surface area contributed by atoms with Gasteiger partial charge in [-0.1, -0.05) is 13.8 Å². The third-order valence-corrected chi connectivity index (χ3v) is 2.58. The molecule has 1 aromatic heterocycles. The molecule has 0 atom stereocenters. The minimum absolute atomic E-state index is 0.791. The molecule has 0 saturated heterocycles. The number of rotatable bonds is 3. The Morgan fingerprint density at radius 3 is 2.73 bits per heavy atom. The predicted octanol–water partition coefficient (Wildman–Crippen LogP) is 3.04. The highest BCUT2D eigenvalue weighted by Gasteiger charge is 1.99. The Kier molecular flexibility index (Phi) is 3.06. The lowest BCUT2D eigenvalue weighted by Crippen LogP contribution is -1.90. The van der Waals surface area contributed by atoms with E-state index >= 15 is 0 Å². The molecule has 0 saturated carbocycles. The summed E-state index contributed by atoms with van der Waals surface area (Å²) in [6.45, 7) is 6.61. The van der Waals surface area contributed by atoms with Crippen LogP contribution >= 0.6 is 11.3 Å². The van der Waals surface area contributed by atoms with E-state index in [1.165, 1.54) is 16.3 Å². The quantitative estimate of drug-likeness (QED) is 0.677. The van der Waals surface area contributed by atoms with E-state index in [0.29, 0.717) is 0 Å². The number of hydrogen-bond donors (Lipinski definition) is 0. The molecule has 1 nitrogen and oxygen atoms in total.